The zero-order valence-electron chi connectivity index (χ0n) is 10.5. The maximum Gasteiger partial charge on any atom is 0.407 e. The van der Waals surface area contributed by atoms with Gasteiger partial charge >= 0.3 is 6.09 Å². The molecule has 1 atom stereocenters. The van der Waals surface area contributed by atoms with Crippen LogP contribution in [0.25, 0.3) is 10.1 Å². The Morgan fingerprint density at radius 3 is 3.20 bits per heavy atom. The lowest BCUT2D eigenvalue weighted by molar-refractivity contribution is 0.133. The minimum atomic E-state index is -0.876. The molecule has 1 fully saturated rings. The van der Waals surface area contributed by atoms with Gasteiger partial charge in [-0.2, -0.15) is 0 Å². The van der Waals surface area contributed by atoms with Crippen LogP contribution in [-0.2, 0) is 0 Å². The largest absolute Gasteiger partial charge is 0.465 e. The van der Waals surface area contributed by atoms with E-state index >= 15 is 0 Å². The van der Waals surface area contributed by atoms with Gasteiger partial charge in [0.2, 0.25) is 0 Å². The predicted octanol–water partition coefficient (Wildman–Crippen LogP) is 2.90. The molecule has 6 nitrogen and oxygen atoms in total. The highest BCUT2D eigenvalue weighted by molar-refractivity contribution is 7.17. The molecule has 0 unspecified atom stereocenters. The third-order valence-corrected chi connectivity index (χ3v) is 4.68. The Morgan fingerprint density at radius 2 is 2.40 bits per heavy atom. The van der Waals surface area contributed by atoms with E-state index in [2.05, 4.69) is 15.5 Å². The minimum absolute atomic E-state index is 0.0541. The van der Waals surface area contributed by atoms with Crippen molar-refractivity contribution in [3.8, 4) is 0 Å². The van der Waals surface area contributed by atoms with Crippen molar-refractivity contribution in [1.82, 2.24) is 15.1 Å². The third-order valence-electron chi connectivity index (χ3n) is 3.38. The molecule has 106 valence electrons. The fourth-order valence-electron chi connectivity index (χ4n) is 2.42. The average molecular weight is 313 g/mol. The molecule has 0 aliphatic carbocycles. The number of thiophene rings is 1. The van der Waals surface area contributed by atoms with Gasteiger partial charge in [-0.25, -0.2) is 4.79 Å². The Morgan fingerprint density at radius 1 is 1.55 bits per heavy atom. The van der Waals surface area contributed by atoms with Crippen molar-refractivity contribution in [1.29, 1.82) is 0 Å². The maximum absolute atomic E-state index is 11.0. The van der Waals surface area contributed by atoms with Gasteiger partial charge in [-0.1, -0.05) is 11.6 Å². The number of carboxylic acid groups (broad SMARTS) is 1. The van der Waals surface area contributed by atoms with Gasteiger partial charge in [0, 0.05) is 24.5 Å². The average Bonchev–Trinajstić information content (AvgIpc) is 2.93. The number of hydrogen-bond acceptors (Lipinski definition) is 5. The molecule has 2 aromatic rings. The highest BCUT2D eigenvalue weighted by Crippen LogP contribution is 2.31. The van der Waals surface area contributed by atoms with Crippen LogP contribution < -0.4 is 5.32 Å². The second-order valence-electron chi connectivity index (χ2n) is 4.71. The summed E-state index contributed by atoms with van der Waals surface area (Å²) < 4.78 is 0.898. The van der Waals surface area contributed by atoms with Gasteiger partial charge in [-0.3, -0.25) is 0 Å². The van der Waals surface area contributed by atoms with Gasteiger partial charge in [0.25, 0.3) is 0 Å². The predicted molar refractivity (Wildman–Crippen MR) is 78.7 cm³/mol. The lowest BCUT2D eigenvalue weighted by atomic mass is 10.1. The van der Waals surface area contributed by atoms with E-state index in [0.29, 0.717) is 24.1 Å². The molecule has 0 aromatic carbocycles. The molecule has 0 radical (unpaired) electrons. The third kappa shape index (κ3) is 2.51. The topological polar surface area (TPSA) is 78.4 Å². The molecule has 2 aromatic heterocycles. The van der Waals surface area contributed by atoms with Crippen LogP contribution in [0.1, 0.15) is 12.8 Å². The molecule has 0 bridgehead atoms. The molecule has 1 aliphatic rings. The standard InChI is InChI=1S/C12H13ClN4O2S/c13-10-9-8(3-5-20-9)11(16-15-10)14-7-2-1-4-17(6-7)12(18)19/h3,5,7H,1-2,4,6H2,(H,14,16)(H,18,19)/t7-/m1/s1. The highest BCUT2D eigenvalue weighted by Gasteiger charge is 2.24. The number of amides is 1. The highest BCUT2D eigenvalue weighted by atomic mass is 35.5. The second kappa shape index (κ2) is 5.41. The first-order valence-electron chi connectivity index (χ1n) is 6.29. The molecule has 20 heavy (non-hydrogen) atoms. The van der Waals surface area contributed by atoms with E-state index in [9.17, 15) is 4.79 Å². The molecule has 2 N–H and O–H groups in total. The lowest BCUT2D eigenvalue weighted by Gasteiger charge is -2.31. The molecule has 3 heterocycles. The summed E-state index contributed by atoms with van der Waals surface area (Å²) in [5.74, 6) is 0.669. The molecular weight excluding hydrogens is 300 g/mol. The summed E-state index contributed by atoms with van der Waals surface area (Å²) in [5.41, 5.74) is 0. The van der Waals surface area contributed by atoms with E-state index in [-0.39, 0.29) is 6.04 Å². The number of piperidine rings is 1. The van der Waals surface area contributed by atoms with Crippen LogP contribution in [0.3, 0.4) is 0 Å². The van der Waals surface area contributed by atoms with E-state index in [1.807, 2.05) is 11.4 Å². The van der Waals surface area contributed by atoms with Crippen LogP contribution in [0.5, 0.6) is 0 Å². The van der Waals surface area contributed by atoms with E-state index in [4.69, 9.17) is 16.7 Å². The zero-order chi connectivity index (χ0) is 14.1. The number of fused-ring (bicyclic) bond motifs is 1. The maximum atomic E-state index is 11.0. The zero-order valence-corrected chi connectivity index (χ0v) is 12.1. The van der Waals surface area contributed by atoms with E-state index in [1.54, 1.807) is 0 Å². The number of anilines is 1. The van der Waals surface area contributed by atoms with Gasteiger partial charge in [-0.05, 0) is 24.3 Å². The number of rotatable bonds is 2. The molecule has 0 saturated carbocycles. The summed E-state index contributed by atoms with van der Waals surface area (Å²) in [4.78, 5) is 12.4. The summed E-state index contributed by atoms with van der Waals surface area (Å²) >= 11 is 7.52. The van der Waals surface area contributed by atoms with Gasteiger partial charge in [-0.15, -0.1) is 21.5 Å². The number of nitrogens with one attached hydrogen (secondary N) is 1. The van der Waals surface area contributed by atoms with Gasteiger partial charge in [0.1, 0.15) is 0 Å². The molecule has 0 spiro atoms. The summed E-state index contributed by atoms with van der Waals surface area (Å²) in [6.07, 6.45) is 0.886. The Hall–Kier alpha value is -1.60. The number of aromatic nitrogens is 2. The molecular formula is C12H13ClN4O2S. The summed E-state index contributed by atoms with van der Waals surface area (Å²) in [5, 5.41) is 23.6. The second-order valence-corrected chi connectivity index (χ2v) is 5.99. The van der Waals surface area contributed by atoms with Gasteiger partial charge in [0.15, 0.2) is 11.0 Å². The van der Waals surface area contributed by atoms with Crippen LogP contribution in [0.2, 0.25) is 5.15 Å². The van der Waals surface area contributed by atoms with Crippen molar-refractivity contribution >= 4 is 44.9 Å². The van der Waals surface area contributed by atoms with E-state index < -0.39 is 6.09 Å². The van der Waals surface area contributed by atoms with Gasteiger partial charge < -0.3 is 15.3 Å². The number of likely N-dealkylation sites (tertiary alicyclic amines) is 1. The van der Waals surface area contributed by atoms with Gasteiger partial charge in [0.05, 0.1) is 4.70 Å². The number of halogens is 1. The Bertz CT molecular complexity index is 647. The molecule has 3 rings (SSSR count). The van der Waals surface area contributed by atoms with E-state index in [1.165, 1.54) is 16.2 Å². The number of hydrogen-bond donors (Lipinski definition) is 2. The van der Waals surface area contributed by atoms with Crippen molar-refractivity contribution in [3.05, 3.63) is 16.6 Å². The van der Waals surface area contributed by atoms with Crippen LogP contribution in [0.15, 0.2) is 11.4 Å². The van der Waals surface area contributed by atoms with Crippen LogP contribution in [-0.4, -0.2) is 45.4 Å². The normalized spacial score (nSPS) is 19.2. The molecule has 8 heteroatoms. The van der Waals surface area contributed by atoms with Crippen LogP contribution >= 0.6 is 22.9 Å². The smallest absolute Gasteiger partial charge is 0.407 e. The molecule has 1 aliphatic heterocycles. The number of nitrogens with zero attached hydrogens (tertiary/aromatic N) is 3. The summed E-state index contributed by atoms with van der Waals surface area (Å²) in [7, 11) is 0. The Kier molecular flexibility index (Phi) is 3.62. The van der Waals surface area contributed by atoms with Crippen molar-refractivity contribution in [2.75, 3.05) is 18.4 Å². The summed E-state index contributed by atoms with van der Waals surface area (Å²) in [6.45, 7) is 1.05. The fraction of sp³-hybridized carbons (Fsp3) is 0.417. The number of carbonyl (C=O) groups is 1. The molecule has 1 saturated heterocycles. The van der Waals surface area contributed by atoms with Crippen molar-refractivity contribution in [2.45, 2.75) is 18.9 Å². The fourth-order valence-corrected chi connectivity index (χ4v) is 3.46. The lowest BCUT2D eigenvalue weighted by Crippen LogP contribution is -2.44. The van der Waals surface area contributed by atoms with E-state index in [0.717, 1.165) is 22.9 Å². The first-order valence-corrected chi connectivity index (χ1v) is 7.54. The molecule has 1 amide bonds. The minimum Gasteiger partial charge on any atom is -0.465 e. The van der Waals surface area contributed by atoms with Crippen molar-refractivity contribution in [3.63, 3.8) is 0 Å². The SMILES string of the molecule is O=C(O)N1CCC[C@@H](Nc2nnc(Cl)c3sccc23)C1. The summed E-state index contributed by atoms with van der Waals surface area (Å²) in [6, 6.07) is 2.00. The van der Waals surface area contributed by atoms with Crippen LogP contribution in [0.4, 0.5) is 10.6 Å². The van der Waals surface area contributed by atoms with Crippen molar-refractivity contribution < 1.29 is 9.90 Å². The Balaban J connectivity index is 1.81. The Labute approximate surface area is 124 Å². The first-order chi connectivity index (χ1) is 9.65. The van der Waals surface area contributed by atoms with Crippen molar-refractivity contribution in [2.24, 2.45) is 0 Å². The van der Waals surface area contributed by atoms with Crippen LogP contribution in [0, 0.1) is 0 Å². The quantitative estimate of drug-likeness (QED) is 0.891. The first kappa shape index (κ1) is 13.4. The monoisotopic (exact) mass is 312 g/mol.